The molecule has 0 amide bonds. The zero-order valence-corrected chi connectivity index (χ0v) is 11.7. The Kier molecular flexibility index (Phi) is 4.34. The van der Waals surface area contributed by atoms with Gasteiger partial charge in [0, 0.05) is 18.4 Å². The van der Waals surface area contributed by atoms with E-state index >= 15 is 0 Å². The third-order valence-corrected chi connectivity index (χ3v) is 2.84. The van der Waals surface area contributed by atoms with E-state index < -0.39 is 0 Å². The number of benzene rings is 1. The van der Waals surface area contributed by atoms with Gasteiger partial charge in [-0.05, 0) is 43.5 Å². The van der Waals surface area contributed by atoms with Crippen LogP contribution in [0.1, 0.15) is 24.5 Å². The van der Waals surface area contributed by atoms with E-state index in [1.807, 2.05) is 6.07 Å². The highest BCUT2D eigenvalue weighted by atomic mass is 15.1. The Morgan fingerprint density at radius 3 is 2.79 bits per heavy atom. The molecule has 0 atom stereocenters. The fraction of sp³-hybridized carbons (Fsp3) is 0.333. The summed E-state index contributed by atoms with van der Waals surface area (Å²) in [5.74, 6) is 1.47. The minimum atomic E-state index is 0.664. The summed E-state index contributed by atoms with van der Waals surface area (Å²) in [6, 6.07) is 8.21. The first-order valence-corrected chi connectivity index (χ1v) is 6.60. The second-order valence-electron chi connectivity index (χ2n) is 4.64. The van der Waals surface area contributed by atoms with Crippen molar-refractivity contribution >= 4 is 17.5 Å². The molecule has 0 aliphatic carbocycles. The second kappa shape index (κ2) is 6.18. The van der Waals surface area contributed by atoms with Crippen LogP contribution in [0.5, 0.6) is 0 Å². The van der Waals surface area contributed by atoms with Gasteiger partial charge >= 0.3 is 0 Å². The minimum Gasteiger partial charge on any atom is -0.354 e. The molecule has 2 N–H and O–H groups in total. The van der Waals surface area contributed by atoms with Crippen molar-refractivity contribution < 1.29 is 0 Å². The zero-order chi connectivity index (χ0) is 13.7. The maximum atomic E-state index is 4.44. The van der Waals surface area contributed by atoms with Gasteiger partial charge in [-0.25, -0.2) is 4.98 Å². The lowest BCUT2D eigenvalue weighted by atomic mass is 10.1. The molecule has 0 spiro atoms. The molecule has 0 saturated heterocycles. The van der Waals surface area contributed by atoms with Gasteiger partial charge in [0.25, 0.3) is 0 Å². The van der Waals surface area contributed by atoms with E-state index in [0.717, 1.165) is 24.5 Å². The molecule has 4 nitrogen and oxygen atoms in total. The lowest BCUT2D eigenvalue weighted by molar-refractivity contribution is 0.953. The number of anilines is 3. The minimum absolute atomic E-state index is 0.664. The Labute approximate surface area is 114 Å². The van der Waals surface area contributed by atoms with Crippen molar-refractivity contribution in [2.24, 2.45) is 0 Å². The summed E-state index contributed by atoms with van der Waals surface area (Å²) in [6.45, 7) is 7.16. The molecular formula is C15H20N4. The fourth-order valence-electron chi connectivity index (χ4n) is 1.76. The predicted octanol–water partition coefficient (Wildman–Crippen LogP) is 3.66. The van der Waals surface area contributed by atoms with Gasteiger partial charge in [-0.1, -0.05) is 19.1 Å². The SMILES string of the molecule is CCCNc1nccc(Nc2cc(C)ccc2C)n1. The van der Waals surface area contributed by atoms with E-state index in [0.29, 0.717) is 5.95 Å². The van der Waals surface area contributed by atoms with E-state index in [1.54, 1.807) is 6.20 Å². The molecule has 1 aromatic carbocycles. The Morgan fingerprint density at radius 2 is 2.00 bits per heavy atom. The van der Waals surface area contributed by atoms with Crippen LogP contribution < -0.4 is 10.6 Å². The predicted molar refractivity (Wildman–Crippen MR) is 80.0 cm³/mol. The molecule has 2 rings (SSSR count). The van der Waals surface area contributed by atoms with Crippen LogP contribution in [0, 0.1) is 13.8 Å². The summed E-state index contributed by atoms with van der Waals surface area (Å²) in [7, 11) is 0. The maximum absolute atomic E-state index is 4.44. The van der Waals surface area contributed by atoms with Gasteiger partial charge in [0.1, 0.15) is 5.82 Å². The lowest BCUT2D eigenvalue weighted by Gasteiger charge is -2.10. The van der Waals surface area contributed by atoms with E-state index in [2.05, 4.69) is 59.6 Å². The number of aromatic nitrogens is 2. The van der Waals surface area contributed by atoms with Crippen LogP contribution in [0.25, 0.3) is 0 Å². The second-order valence-corrected chi connectivity index (χ2v) is 4.64. The van der Waals surface area contributed by atoms with Crippen LogP contribution >= 0.6 is 0 Å². The van der Waals surface area contributed by atoms with E-state index in [-0.39, 0.29) is 0 Å². The molecule has 0 aliphatic rings. The van der Waals surface area contributed by atoms with Crippen LogP contribution in [-0.4, -0.2) is 16.5 Å². The number of nitrogens with zero attached hydrogens (tertiary/aromatic N) is 2. The van der Waals surface area contributed by atoms with Gasteiger partial charge in [0.05, 0.1) is 0 Å². The van der Waals surface area contributed by atoms with E-state index in [1.165, 1.54) is 11.1 Å². The topological polar surface area (TPSA) is 49.8 Å². The standard InChI is InChI=1S/C15H20N4/c1-4-8-16-15-17-9-7-14(19-15)18-13-10-11(2)5-6-12(13)3/h5-7,9-10H,4,8H2,1-3H3,(H2,16,17,18,19). The molecule has 0 radical (unpaired) electrons. The summed E-state index contributed by atoms with van der Waals surface area (Å²) in [5, 5.41) is 6.52. The molecule has 2 aromatic rings. The first-order valence-electron chi connectivity index (χ1n) is 6.60. The number of rotatable bonds is 5. The first kappa shape index (κ1) is 13.3. The van der Waals surface area contributed by atoms with E-state index in [4.69, 9.17) is 0 Å². The summed E-state index contributed by atoms with van der Waals surface area (Å²) in [5.41, 5.74) is 3.51. The molecule has 0 aliphatic heterocycles. The highest BCUT2D eigenvalue weighted by Gasteiger charge is 2.02. The summed E-state index contributed by atoms with van der Waals surface area (Å²) in [4.78, 5) is 8.64. The Bertz CT molecular complexity index is 552. The van der Waals surface area contributed by atoms with Gasteiger partial charge in [-0.3, -0.25) is 0 Å². The number of nitrogens with one attached hydrogen (secondary N) is 2. The van der Waals surface area contributed by atoms with Crippen LogP contribution in [0.15, 0.2) is 30.5 Å². The van der Waals surface area contributed by atoms with Crippen LogP contribution in [-0.2, 0) is 0 Å². The lowest BCUT2D eigenvalue weighted by Crippen LogP contribution is -2.05. The molecule has 100 valence electrons. The molecule has 19 heavy (non-hydrogen) atoms. The Morgan fingerprint density at radius 1 is 1.16 bits per heavy atom. The quantitative estimate of drug-likeness (QED) is 0.857. The monoisotopic (exact) mass is 256 g/mol. The average Bonchev–Trinajstić information content (AvgIpc) is 2.41. The van der Waals surface area contributed by atoms with Gasteiger partial charge in [0.2, 0.25) is 5.95 Å². The largest absolute Gasteiger partial charge is 0.354 e. The van der Waals surface area contributed by atoms with Crippen molar-refractivity contribution in [2.45, 2.75) is 27.2 Å². The summed E-state index contributed by atoms with van der Waals surface area (Å²) < 4.78 is 0. The van der Waals surface area contributed by atoms with Crippen molar-refractivity contribution in [3.8, 4) is 0 Å². The highest BCUT2D eigenvalue weighted by Crippen LogP contribution is 2.20. The van der Waals surface area contributed by atoms with Crippen LogP contribution in [0.2, 0.25) is 0 Å². The third-order valence-electron chi connectivity index (χ3n) is 2.84. The average molecular weight is 256 g/mol. The number of aryl methyl sites for hydroxylation is 2. The molecule has 1 heterocycles. The number of hydrogen-bond acceptors (Lipinski definition) is 4. The highest BCUT2D eigenvalue weighted by molar-refractivity contribution is 5.61. The Hall–Kier alpha value is -2.10. The van der Waals surface area contributed by atoms with Crippen LogP contribution in [0.4, 0.5) is 17.5 Å². The van der Waals surface area contributed by atoms with Gasteiger partial charge < -0.3 is 10.6 Å². The Balaban J connectivity index is 2.16. The fourth-order valence-corrected chi connectivity index (χ4v) is 1.76. The third kappa shape index (κ3) is 3.68. The molecule has 4 heteroatoms. The van der Waals surface area contributed by atoms with Crippen LogP contribution in [0.3, 0.4) is 0 Å². The normalized spacial score (nSPS) is 10.3. The molecule has 0 unspecified atom stereocenters. The molecule has 0 fully saturated rings. The van der Waals surface area contributed by atoms with Crippen molar-refractivity contribution in [2.75, 3.05) is 17.2 Å². The summed E-state index contributed by atoms with van der Waals surface area (Å²) in [6.07, 6.45) is 2.82. The zero-order valence-electron chi connectivity index (χ0n) is 11.7. The van der Waals surface area contributed by atoms with Crippen molar-refractivity contribution in [3.05, 3.63) is 41.6 Å². The molecular weight excluding hydrogens is 236 g/mol. The van der Waals surface area contributed by atoms with Gasteiger partial charge in [0.15, 0.2) is 0 Å². The van der Waals surface area contributed by atoms with Gasteiger partial charge in [-0.2, -0.15) is 4.98 Å². The van der Waals surface area contributed by atoms with Crippen molar-refractivity contribution in [1.82, 2.24) is 9.97 Å². The van der Waals surface area contributed by atoms with Crippen molar-refractivity contribution in [1.29, 1.82) is 0 Å². The van der Waals surface area contributed by atoms with Gasteiger partial charge in [-0.15, -0.1) is 0 Å². The maximum Gasteiger partial charge on any atom is 0.224 e. The molecule has 0 bridgehead atoms. The van der Waals surface area contributed by atoms with Crippen molar-refractivity contribution in [3.63, 3.8) is 0 Å². The summed E-state index contributed by atoms with van der Waals surface area (Å²) >= 11 is 0. The first-order chi connectivity index (χ1) is 9.19. The molecule has 0 saturated carbocycles. The van der Waals surface area contributed by atoms with E-state index in [9.17, 15) is 0 Å². The smallest absolute Gasteiger partial charge is 0.224 e. The molecule has 1 aromatic heterocycles. The number of hydrogen-bond donors (Lipinski definition) is 2.